The summed E-state index contributed by atoms with van der Waals surface area (Å²) in [7, 11) is 5.03. The summed E-state index contributed by atoms with van der Waals surface area (Å²) < 4.78 is 16.3. The summed E-state index contributed by atoms with van der Waals surface area (Å²) in [5.41, 5.74) is 0.0596. The summed E-state index contributed by atoms with van der Waals surface area (Å²) in [6.45, 7) is 2.22. The van der Waals surface area contributed by atoms with Gasteiger partial charge in [0, 0.05) is 27.2 Å². The average Bonchev–Trinajstić information content (AvgIpc) is 3.02. The highest BCUT2D eigenvalue weighted by Crippen LogP contribution is 2.42. The van der Waals surface area contributed by atoms with E-state index in [1.807, 2.05) is 12.1 Å². The topological polar surface area (TPSA) is 71.5 Å². The van der Waals surface area contributed by atoms with Gasteiger partial charge >= 0.3 is 0 Å². The minimum Gasteiger partial charge on any atom is -0.493 e. The maximum absolute atomic E-state index is 12.0. The van der Waals surface area contributed by atoms with Crippen molar-refractivity contribution in [1.29, 1.82) is 0 Å². The van der Waals surface area contributed by atoms with Crippen molar-refractivity contribution in [2.45, 2.75) is 31.4 Å². The second-order valence-corrected chi connectivity index (χ2v) is 7.04. The molecule has 0 aliphatic carbocycles. The van der Waals surface area contributed by atoms with Gasteiger partial charge in [0.25, 0.3) is 0 Å². The molecular weight excluding hydrogens is 324 g/mol. The van der Waals surface area contributed by atoms with E-state index in [9.17, 15) is 9.90 Å². The summed E-state index contributed by atoms with van der Waals surface area (Å²) >= 11 is 0. The zero-order valence-corrected chi connectivity index (χ0v) is 15.1. The Morgan fingerprint density at radius 2 is 2.20 bits per heavy atom. The van der Waals surface area contributed by atoms with Crippen LogP contribution in [0.3, 0.4) is 0 Å². The van der Waals surface area contributed by atoms with Crippen LogP contribution in [0.1, 0.15) is 24.8 Å². The molecule has 3 rings (SSSR count). The molecule has 1 fully saturated rings. The monoisotopic (exact) mass is 350 g/mol. The highest BCUT2D eigenvalue weighted by atomic mass is 16.7. The zero-order chi connectivity index (χ0) is 18.0. The van der Waals surface area contributed by atoms with E-state index in [1.165, 1.54) is 4.90 Å². The van der Waals surface area contributed by atoms with Gasteiger partial charge in [0.05, 0.1) is 19.1 Å². The Kier molecular flexibility index (Phi) is 5.06. The van der Waals surface area contributed by atoms with Gasteiger partial charge < -0.3 is 24.2 Å². The zero-order valence-electron chi connectivity index (χ0n) is 15.1. The van der Waals surface area contributed by atoms with Crippen LogP contribution < -0.4 is 14.2 Å². The van der Waals surface area contributed by atoms with E-state index in [0.29, 0.717) is 36.8 Å². The summed E-state index contributed by atoms with van der Waals surface area (Å²) in [5.74, 6) is 1.93. The molecule has 1 unspecified atom stereocenters. The lowest BCUT2D eigenvalue weighted by Gasteiger charge is -2.39. The van der Waals surface area contributed by atoms with Crippen molar-refractivity contribution in [3.63, 3.8) is 0 Å². The van der Waals surface area contributed by atoms with Crippen molar-refractivity contribution in [2.24, 2.45) is 0 Å². The van der Waals surface area contributed by atoms with Gasteiger partial charge in [-0.3, -0.25) is 9.69 Å². The van der Waals surface area contributed by atoms with Crippen LogP contribution in [-0.4, -0.2) is 67.5 Å². The SMILES string of the molecule is COc1cc(CN2CCCC(O)(CC(=O)N(C)C)C2)cc2c1OCO2. The fraction of sp³-hybridized carbons (Fsp3) is 0.611. The number of rotatable bonds is 5. The normalized spacial score (nSPS) is 22.7. The lowest BCUT2D eigenvalue weighted by atomic mass is 9.89. The molecule has 2 heterocycles. The highest BCUT2D eigenvalue weighted by molar-refractivity contribution is 5.76. The smallest absolute Gasteiger partial charge is 0.231 e. The third kappa shape index (κ3) is 3.99. The largest absolute Gasteiger partial charge is 0.493 e. The number of hydrogen-bond donors (Lipinski definition) is 1. The molecule has 0 bridgehead atoms. The molecule has 25 heavy (non-hydrogen) atoms. The first-order chi connectivity index (χ1) is 11.9. The third-order valence-electron chi connectivity index (χ3n) is 4.74. The lowest BCUT2D eigenvalue weighted by molar-refractivity contribution is -0.136. The number of β-amino-alcohol motifs (C(OH)–C–C–N with tert-alkyl or cyclic N) is 1. The number of carbonyl (C=O) groups is 1. The second kappa shape index (κ2) is 7.09. The predicted molar refractivity (Wildman–Crippen MR) is 91.9 cm³/mol. The number of likely N-dealkylation sites (tertiary alicyclic amines) is 1. The Bertz CT molecular complexity index is 649. The molecule has 7 heteroatoms. The van der Waals surface area contributed by atoms with E-state index in [-0.39, 0.29) is 19.1 Å². The molecule has 0 radical (unpaired) electrons. The summed E-state index contributed by atoms with van der Waals surface area (Å²) in [6, 6.07) is 3.88. The van der Waals surface area contributed by atoms with Crippen LogP contribution in [0.4, 0.5) is 0 Å². The van der Waals surface area contributed by atoms with Gasteiger partial charge in [0.2, 0.25) is 18.4 Å². The Morgan fingerprint density at radius 1 is 1.40 bits per heavy atom. The van der Waals surface area contributed by atoms with Gasteiger partial charge in [0.15, 0.2) is 11.5 Å². The quantitative estimate of drug-likeness (QED) is 0.861. The third-order valence-corrected chi connectivity index (χ3v) is 4.74. The molecule has 1 aromatic rings. The van der Waals surface area contributed by atoms with Crippen LogP contribution in [0.2, 0.25) is 0 Å². The maximum Gasteiger partial charge on any atom is 0.231 e. The number of ether oxygens (including phenoxy) is 3. The first kappa shape index (κ1) is 17.8. The maximum atomic E-state index is 12.0. The summed E-state index contributed by atoms with van der Waals surface area (Å²) in [6.07, 6.45) is 1.66. The minimum atomic E-state index is -0.972. The van der Waals surface area contributed by atoms with Gasteiger partial charge in [-0.15, -0.1) is 0 Å². The van der Waals surface area contributed by atoms with Crippen LogP contribution in [0.15, 0.2) is 12.1 Å². The van der Waals surface area contributed by atoms with E-state index in [2.05, 4.69) is 4.90 Å². The highest BCUT2D eigenvalue weighted by Gasteiger charge is 2.36. The fourth-order valence-corrected chi connectivity index (χ4v) is 3.46. The number of hydrogen-bond acceptors (Lipinski definition) is 6. The minimum absolute atomic E-state index is 0.0471. The van der Waals surface area contributed by atoms with Crippen molar-refractivity contribution >= 4 is 5.91 Å². The molecule has 2 aliphatic heterocycles. The van der Waals surface area contributed by atoms with Crippen LogP contribution in [0.25, 0.3) is 0 Å². The number of nitrogens with zero attached hydrogens (tertiary/aromatic N) is 2. The van der Waals surface area contributed by atoms with Crippen LogP contribution >= 0.6 is 0 Å². The Hall–Kier alpha value is -1.99. The van der Waals surface area contributed by atoms with E-state index < -0.39 is 5.60 Å². The molecule has 1 saturated heterocycles. The van der Waals surface area contributed by atoms with E-state index >= 15 is 0 Å². The van der Waals surface area contributed by atoms with Crippen molar-refractivity contribution < 1.29 is 24.1 Å². The van der Waals surface area contributed by atoms with Crippen molar-refractivity contribution in [3.8, 4) is 17.2 Å². The van der Waals surface area contributed by atoms with Crippen molar-refractivity contribution in [1.82, 2.24) is 9.80 Å². The Morgan fingerprint density at radius 3 is 2.92 bits per heavy atom. The number of piperidine rings is 1. The summed E-state index contributed by atoms with van der Waals surface area (Å²) in [4.78, 5) is 15.7. The number of amides is 1. The molecule has 1 atom stereocenters. The molecule has 0 spiro atoms. The van der Waals surface area contributed by atoms with Crippen LogP contribution in [-0.2, 0) is 11.3 Å². The second-order valence-electron chi connectivity index (χ2n) is 7.04. The van der Waals surface area contributed by atoms with Gasteiger partial charge in [-0.05, 0) is 37.1 Å². The average molecular weight is 350 g/mol. The lowest BCUT2D eigenvalue weighted by Crippen LogP contribution is -2.50. The first-order valence-electron chi connectivity index (χ1n) is 8.51. The molecule has 138 valence electrons. The van der Waals surface area contributed by atoms with Gasteiger partial charge in [-0.1, -0.05) is 0 Å². The molecule has 0 saturated carbocycles. The number of carbonyl (C=O) groups excluding carboxylic acids is 1. The van der Waals surface area contributed by atoms with Gasteiger partial charge in [-0.25, -0.2) is 0 Å². The molecular formula is C18H26N2O5. The molecule has 2 aliphatic rings. The molecule has 0 aromatic heterocycles. The molecule has 1 amide bonds. The van der Waals surface area contributed by atoms with Gasteiger partial charge in [0.1, 0.15) is 0 Å². The van der Waals surface area contributed by atoms with E-state index in [4.69, 9.17) is 14.2 Å². The van der Waals surface area contributed by atoms with Gasteiger partial charge in [-0.2, -0.15) is 0 Å². The molecule has 1 N–H and O–H groups in total. The fourth-order valence-electron chi connectivity index (χ4n) is 3.46. The number of benzene rings is 1. The summed E-state index contributed by atoms with van der Waals surface area (Å²) in [5, 5.41) is 10.8. The van der Waals surface area contributed by atoms with E-state index in [0.717, 1.165) is 18.5 Å². The predicted octanol–water partition coefficient (Wildman–Crippen LogP) is 1.23. The van der Waals surface area contributed by atoms with Crippen LogP contribution in [0, 0.1) is 0 Å². The number of fused-ring (bicyclic) bond motifs is 1. The molecule has 1 aromatic carbocycles. The Labute approximate surface area is 148 Å². The Balaban J connectivity index is 1.70. The number of aliphatic hydroxyl groups is 1. The van der Waals surface area contributed by atoms with Crippen LogP contribution in [0.5, 0.6) is 17.2 Å². The van der Waals surface area contributed by atoms with Crippen molar-refractivity contribution in [3.05, 3.63) is 17.7 Å². The first-order valence-corrected chi connectivity index (χ1v) is 8.51. The number of methoxy groups -OCH3 is 1. The van der Waals surface area contributed by atoms with E-state index in [1.54, 1.807) is 21.2 Å². The van der Waals surface area contributed by atoms with Crippen molar-refractivity contribution in [2.75, 3.05) is 41.1 Å². The molecule has 7 nitrogen and oxygen atoms in total. The standard InChI is InChI=1S/C18H26N2O5/c1-19(2)16(21)9-18(22)5-4-6-20(11-18)10-13-7-14(23-3)17-15(8-13)24-12-25-17/h7-8,22H,4-6,9-12H2,1-3H3.